The van der Waals surface area contributed by atoms with Crippen LogP contribution < -0.4 is 0 Å². The second kappa shape index (κ2) is 8.40. The molecule has 29 heavy (non-hydrogen) atoms. The third-order valence-electron chi connectivity index (χ3n) is 4.19. The Balaban J connectivity index is 1.53. The number of aryl methyl sites for hydroxylation is 1. The molecule has 0 spiro atoms. The van der Waals surface area contributed by atoms with E-state index in [2.05, 4.69) is 27.0 Å². The maximum atomic E-state index is 13.2. The first-order chi connectivity index (χ1) is 14.1. The lowest BCUT2D eigenvalue weighted by atomic mass is 10.1. The van der Waals surface area contributed by atoms with Gasteiger partial charge in [-0.2, -0.15) is 0 Å². The van der Waals surface area contributed by atoms with E-state index in [-0.39, 0.29) is 5.82 Å². The van der Waals surface area contributed by atoms with Crippen molar-refractivity contribution >= 4 is 11.8 Å². The minimum Gasteiger partial charge on any atom is -0.420 e. The first-order valence-electron chi connectivity index (χ1n) is 8.96. The molecule has 0 fully saturated rings. The molecule has 4 aromatic rings. The molecule has 0 saturated heterocycles. The number of aromatic nitrogens is 5. The third-order valence-corrected chi connectivity index (χ3v) is 5.14. The van der Waals surface area contributed by atoms with Crippen LogP contribution >= 0.6 is 11.8 Å². The van der Waals surface area contributed by atoms with Gasteiger partial charge in [-0.1, -0.05) is 35.5 Å². The minimum absolute atomic E-state index is 0.293. The molecule has 0 atom stereocenters. The predicted octanol–water partition coefficient (Wildman–Crippen LogP) is 4.92. The summed E-state index contributed by atoms with van der Waals surface area (Å²) in [5, 5.41) is 17.5. The van der Waals surface area contributed by atoms with E-state index in [4.69, 9.17) is 4.42 Å². The van der Waals surface area contributed by atoms with Gasteiger partial charge in [-0.15, -0.1) is 27.0 Å². The fourth-order valence-corrected chi connectivity index (χ4v) is 3.62. The molecular formula is C21H18FN5OS. The first-order valence-corrected chi connectivity index (χ1v) is 9.95. The normalized spacial score (nSPS) is 11.0. The minimum atomic E-state index is -0.293. The summed E-state index contributed by atoms with van der Waals surface area (Å²) in [4.78, 5) is 0. The van der Waals surface area contributed by atoms with E-state index in [1.165, 1.54) is 23.9 Å². The molecule has 0 aliphatic carbocycles. The van der Waals surface area contributed by atoms with E-state index < -0.39 is 0 Å². The number of hydrogen-bond donors (Lipinski definition) is 0. The Bertz CT molecular complexity index is 1140. The van der Waals surface area contributed by atoms with Crippen LogP contribution in [0.3, 0.4) is 0 Å². The molecule has 0 bridgehead atoms. The van der Waals surface area contributed by atoms with Gasteiger partial charge in [0.15, 0.2) is 11.0 Å². The third kappa shape index (κ3) is 4.27. The fraction of sp³-hybridized carbons (Fsp3) is 0.143. The quantitative estimate of drug-likeness (QED) is 0.320. The number of rotatable bonds is 7. The zero-order valence-corrected chi connectivity index (χ0v) is 16.6. The van der Waals surface area contributed by atoms with E-state index in [0.717, 1.165) is 16.7 Å². The number of allylic oxidation sites excluding steroid dienone is 1. The van der Waals surface area contributed by atoms with Gasteiger partial charge in [-0.05, 0) is 43.3 Å². The Morgan fingerprint density at radius 1 is 1.07 bits per heavy atom. The van der Waals surface area contributed by atoms with Crippen LogP contribution in [0, 0.1) is 12.7 Å². The summed E-state index contributed by atoms with van der Waals surface area (Å²) in [6.07, 6.45) is 1.77. The van der Waals surface area contributed by atoms with Crippen molar-refractivity contribution in [3.8, 4) is 22.8 Å². The van der Waals surface area contributed by atoms with Crippen molar-refractivity contribution in [3.63, 3.8) is 0 Å². The van der Waals surface area contributed by atoms with Gasteiger partial charge < -0.3 is 4.42 Å². The van der Waals surface area contributed by atoms with Crippen molar-refractivity contribution in [2.45, 2.75) is 24.4 Å². The number of hydrogen-bond acceptors (Lipinski definition) is 6. The standard InChI is InChI=1S/C21H18FN5OS/c1-3-11-27-19(15-7-9-17(22)10-8-15)24-26-21(27)29-13-18-23-25-20(28-18)16-6-4-5-14(2)12-16/h3-10,12H,1,11,13H2,2H3. The molecule has 2 heterocycles. The van der Waals surface area contributed by atoms with E-state index >= 15 is 0 Å². The fourth-order valence-electron chi connectivity index (χ4n) is 2.83. The topological polar surface area (TPSA) is 69.6 Å². The average molecular weight is 407 g/mol. The van der Waals surface area contributed by atoms with Gasteiger partial charge in [0.05, 0.1) is 5.75 Å². The van der Waals surface area contributed by atoms with Crippen LogP contribution in [0.1, 0.15) is 11.5 Å². The SMILES string of the molecule is C=CCn1c(SCc2nnc(-c3cccc(C)c3)o2)nnc1-c1ccc(F)cc1. The van der Waals surface area contributed by atoms with Crippen molar-refractivity contribution < 1.29 is 8.81 Å². The van der Waals surface area contributed by atoms with E-state index in [1.54, 1.807) is 18.2 Å². The van der Waals surface area contributed by atoms with Crippen LogP contribution in [0.5, 0.6) is 0 Å². The molecule has 0 aliphatic heterocycles. The van der Waals surface area contributed by atoms with Crippen LogP contribution in [0.2, 0.25) is 0 Å². The maximum absolute atomic E-state index is 13.2. The molecule has 0 radical (unpaired) electrons. The van der Waals surface area contributed by atoms with E-state index in [1.807, 2.05) is 35.8 Å². The van der Waals surface area contributed by atoms with Crippen molar-refractivity contribution in [1.29, 1.82) is 0 Å². The monoisotopic (exact) mass is 407 g/mol. The summed E-state index contributed by atoms with van der Waals surface area (Å²) in [5.74, 6) is 1.81. The van der Waals surface area contributed by atoms with E-state index in [9.17, 15) is 4.39 Å². The van der Waals surface area contributed by atoms with Gasteiger partial charge >= 0.3 is 0 Å². The largest absolute Gasteiger partial charge is 0.420 e. The molecule has 4 rings (SSSR count). The van der Waals surface area contributed by atoms with Gasteiger partial charge in [-0.3, -0.25) is 4.57 Å². The molecule has 8 heteroatoms. The molecule has 2 aromatic heterocycles. The summed E-state index contributed by atoms with van der Waals surface area (Å²) < 4.78 is 20.9. The smallest absolute Gasteiger partial charge is 0.247 e. The highest BCUT2D eigenvalue weighted by Gasteiger charge is 2.16. The second-order valence-electron chi connectivity index (χ2n) is 6.37. The average Bonchev–Trinajstić information content (AvgIpc) is 3.35. The molecule has 0 unspecified atom stereocenters. The number of thioether (sulfide) groups is 1. The number of nitrogens with zero attached hydrogens (tertiary/aromatic N) is 5. The summed E-state index contributed by atoms with van der Waals surface area (Å²) in [7, 11) is 0. The van der Waals surface area contributed by atoms with Crippen LogP contribution in [0.15, 0.2) is 70.8 Å². The Labute approximate surface area is 171 Å². The Morgan fingerprint density at radius 2 is 1.90 bits per heavy atom. The van der Waals surface area contributed by atoms with Crippen molar-refractivity contribution in [2.75, 3.05) is 0 Å². The molecule has 146 valence electrons. The summed E-state index contributed by atoms with van der Waals surface area (Å²) in [6, 6.07) is 14.1. The number of benzene rings is 2. The molecular weight excluding hydrogens is 389 g/mol. The Kier molecular flexibility index (Phi) is 5.53. The molecule has 0 N–H and O–H groups in total. The summed E-state index contributed by atoms with van der Waals surface area (Å²) >= 11 is 1.44. The zero-order valence-electron chi connectivity index (χ0n) is 15.7. The number of halogens is 1. The van der Waals surface area contributed by atoms with E-state index in [0.29, 0.717) is 35.1 Å². The molecule has 0 amide bonds. The van der Waals surface area contributed by atoms with Gasteiger partial charge in [0.1, 0.15) is 5.82 Å². The van der Waals surface area contributed by atoms with Gasteiger partial charge in [0.25, 0.3) is 0 Å². The summed E-state index contributed by atoms with van der Waals surface area (Å²) in [6.45, 7) is 6.35. The summed E-state index contributed by atoms with van der Waals surface area (Å²) in [5.41, 5.74) is 2.80. The van der Waals surface area contributed by atoms with Crippen LogP contribution in [0.4, 0.5) is 4.39 Å². The lowest BCUT2D eigenvalue weighted by Gasteiger charge is -2.07. The highest BCUT2D eigenvalue weighted by atomic mass is 32.2. The lowest BCUT2D eigenvalue weighted by Crippen LogP contribution is -2.00. The zero-order chi connectivity index (χ0) is 20.2. The van der Waals surface area contributed by atoms with Gasteiger partial charge in [0.2, 0.25) is 11.8 Å². The van der Waals surface area contributed by atoms with Crippen molar-refractivity contribution in [3.05, 3.63) is 78.5 Å². The molecule has 0 saturated carbocycles. The van der Waals surface area contributed by atoms with Crippen molar-refractivity contribution in [2.24, 2.45) is 0 Å². The maximum Gasteiger partial charge on any atom is 0.247 e. The molecule has 2 aromatic carbocycles. The predicted molar refractivity (Wildman–Crippen MR) is 110 cm³/mol. The lowest BCUT2D eigenvalue weighted by molar-refractivity contribution is 0.528. The first kappa shape index (κ1) is 19.1. The molecule has 6 nitrogen and oxygen atoms in total. The van der Waals surface area contributed by atoms with Gasteiger partial charge in [0, 0.05) is 17.7 Å². The Hall–Kier alpha value is -3.26. The highest BCUT2D eigenvalue weighted by molar-refractivity contribution is 7.98. The van der Waals surface area contributed by atoms with Crippen molar-refractivity contribution in [1.82, 2.24) is 25.0 Å². The van der Waals surface area contributed by atoms with Crippen LogP contribution in [-0.2, 0) is 12.3 Å². The second-order valence-corrected chi connectivity index (χ2v) is 7.31. The van der Waals surface area contributed by atoms with Gasteiger partial charge in [-0.25, -0.2) is 4.39 Å². The van der Waals surface area contributed by atoms with Crippen LogP contribution in [0.25, 0.3) is 22.8 Å². The highest BCUT2D eigenvalue weighted by Crippen LogP contribution is 2.27. The van der Waals surface area contributed by atoms with Crippen LogP contribution in [-0.4, -0.2) is 25.0 Å². The molecule has 0 aliphatic rings. The Morgan fingerprint density at radius 3 is 2.66 bits per heavy atom.